The molecule has 1 aromatic carbocycles. The number of nitrogens with one attached hydrogen (secondary N) is 1. The number of likely N-dealkylation sites (tertiary alicyclic amines) is 1. The van der Waals surface area contributed by atoms with Crippen molar-refractivity contribution >= 4 is 11.6 Å². The van der Waals surface area contributed by atoms with Crippen molar-refractivity contribution in [3.8, 4) is 0 Å². The van der Waals surface area contributed by atoms with Gasteiger partial charge in [-0.2, -0.15) is 0 Å². The number of piperidine rings is 1. The Morgan fingerprint density at radius 1 is 1.38 bits per heavy atom. The van der Waals surface area contributed by atoms with Crippen LogP contribution in [-0.4, -0.2) is 36.5 Å². The second kappa shape index (κ2) is 6.06. The number of benzene rings is 1. The van der Waals surface area contributed by atoms with Crippen LogP contribution >= 0.6 is 0 Å². The van der Waals surface area contributed by atoms with Crippen LogP contribution in [0.15, 0.2) is 18.2 Å². The van der Waals surface area contributed by atoms with E-state index in [1.165, 1.54) is 16.8 Å². The van der Waals surface area contributed by atoms with E-state index in [0.29, 0.717) is 6.04 Å². The molecular weight excluding hydrogens is 262 g/mol. The molecule has 0 aliphatic carbocycles. The van der Waals surface area contributed by atoms with E-state index in [2.05, 4.69) is 35.3 Å². The highest BCUT2D eigenvalue weighted by molar-refractivity contribution is 5.76. The molecule has 4 nitrogen and oxygen atoms in total. The number of primary amides is 1. The number of fused-ring (bicyclic) bond motifs is 1. The van der Waals surface area contributed by atoms with Gasteiger partial charge in [-0.1, -0.05) is 12.1 Å². The minimum Gasteiger partial charge on any atom is -0.382 e. The number of amides is 1. The molecule has 3 rings (SSSR count). The van der Waals surface area contributed by atoms with Gasteiger partial charge in [0.2, 0.25) is 5.91 Å². The second-order valence-corrected chi connectivity index (χ2v) is 6.51. The third-order valence-electron chi connectivity index (χ3n) is 4.80. The molecule has 2 aliphatic rings. The number of nitrogens with two attached hydrogens (primary N) is 1. The molecule has 2 heterocycles. The van der Waals surface area contributed by atoms with Gasteiger partial charge in [-0.3, -0.25) is 4.79 Å². The van der Waals surface area contributed by atoms with Gasteiger partial charge in [0.1, 0.15) is 0 Å². The third-order valence-corrected chi connectivity index (χ3v) is 4.80. The van der Waals surface area contributed by atoms with Crippen LogP contribution in [0.4, 0.5) is 5.69 Å². The average Bonchev–Trinajstić information content (AvgIpc) is 2.84. The topological polar surface area (TPSA) is 58.4 Å². The molecule has 3 N–H and O–H groups in total. The highest BCUT2D eigenvalue weighted by atomic mass is 16.1. The molecule has 1 unspecified atom stereocenters. The van der Waals surface area contributed by atoms with Gasteiger partial charge >= 0.3 is 0 Å². The Kier molecular flexibility index (Phi) is 4.15. The van der Waals surface area contributed by atoms with Crippen LogP contribution in [-0.2, 0) is 17.6 Å². The molecule has 21 heavy (non-hydrogen) atoms. The van der Waals surface area contributed by atoms with Gasteiger partial charge in [0, 0.05) is 24.2 Å². The number of carbonyl (C=O) groups excluding carboxylic acids is 1. The van der Waals surface area contributed by atoms with Gasteiger partial charge in [-0.05, 0) is 62.9 Å². The smallest absolute Gasteiger partial charge is 0.220 e. The van der Waals surface area contributed by atoms with Crippen molar-refractivity contribution < 1.29 is 4.79 Å². The van der Waals surface area contributed by atoms with Crippen molar-refractivity contribution in [2.75, 3.05) is 25.0 Å². The number of carbonyl (C=O) groups is 1. The van der Waals surface area contributed by atoms with E-state index >= 15 is 0 Å². The molecule has 1 amide bonds. The van der Waals surface area contributed by atoms with Gasteiger partial charge in [-0.15, -0.1) is 0 Å². The zero-order valence-electron chi connectivity index (χ0n) is 12.8. The van der Waals surface area contributed by atoms with Gasteiger partial charge in [0.05, 0.1) is 0 Å². The van der Waals surface area contributed by atoms with Crippen molar-refractivity contribution in [1.29, 1.82) is 0 Å². The molecule has 4 heteroatoms. The Bertz CT molecular complexity index is 521. The Hall–Kier alpha value is -1.55. The molecule has 1 aromatic rings. The van der Waals surface area contributed by atoms with E-state index in [0.717, 1.165) is 45.3 Å². The van der Waals surface area contributed by atoms with E-state index < -0.39 is 0 Å². The molecule has 1 atom stereocenters. The highest BCUT2D eigenvalue weighted by Gasteiger charge is 2.23. The molecule has 1 fully saturated rings. The first kappa shape index (κ1) is 14.4. The second-order valence-electron chi connectivity index (χ2n) is 6.51. The lowest BCUT2D eigenvalue weighted by Gasteiger charge is -2.30. The zero-order chi connectivity index (χ0) is 14.8. The summed E-state index contributed by atoms with van der Waals surface area (Å²) in [7, 11) is 0. The summed E-state index contributed by atoms with van der Waals surface area (Å²) in [4.78, 5) is 13.6. The van der Waals surface area contributed by atoms with Gasteiger partial charge in [0.15, 0.2) is 0 Å². The van der Waals surface area contributed by atoms with Crippen molar-refractivity contribution in [3.05, 3.63) is 29.3 Å². The van der Waals surface area contributed by atoms with Crippen molar-refractivity contribution in [2.24, 2.45) is 11.7 Å². The Balaban J connectivity index is 1.50. The summed E-state index contributed by atoms with van der Waals surface area (Å²) in [6.07, 6.45) is 4.05. The van der Waals surface area contributed by atoms with E-state index in [4.69, 9.17) is 5.73 Å². The zero-order valence-corrected chi connectivity index (χ0v) is 12.8. The van der Waals surface area contributed by atoms with Crippen LogP contribution in [0.3, 0.4) is 0 Å². The molecule has 0 bridgehead atoms. The fourth-order valence-electron chi connectivity index (χ4n) is 3.49. The third kappa shape index (κ3) is 3.38. The summed E-state index contributed by atoms with van der Waals surface area (Å²) in [5.41, 5.74) is 9.55. The Labute approximate surface area is 126 Å². The minimum absolute atomic E-state index is 0.0915. The molecule has 1 saturated heterocycles. The SMILES string of the molecule is CC1Cc2cc(CCN3CCC(C(N)=O)CC3)ccc2N1. The summed E-state index contributed by atoms with van der Waals surface area (Å²) >= 11 is 0. The predicted octanol–water partition coefficient (Wildman–Crippen LogP) is 1.78. The lowest BCUT2D eigenvalue weighted by Crippen LogP contribution is -2.39. The minimum atomic E-state index is -0.130. The fraction of sp³-hybridized carbons (Fsp3) is 0.588. The molecule has 114 valence electrons. The van der Waals surface area contributed by atoms with E-state index in [-0.39, 0.29) is 11.8 Å². The first-order chi connectivity index (χ1) is 10.1. The van der Waals surface area contributed by atoms with Crippen LogP contribution < -0.4 is 11.1 Å². The molecular formula is C17H25N3O. The maximum absolute atomic E-state index is 11.2. The number of hydrogen-bond acceptors (Lipinski definition) is 3. The monoisotopic (exact) mass is 287 g/mol. The standard InChI is InChI=1S/C17H25N3O/c1-12-10-15-11-13(2-3-16(15)19-12)4-7-20-8-5-14(6-9-20)17(18)21/h2-3,11-12,14,19H,4-10H2,1H3,(H2,18,21). The van der Waals surface area contributed by atoms with Gasteiger partial charge < -0.3 is 16.0 Å². The lowest BCUT2D eigenvalue weighted by molar-refractivity contribution is -0.123. The summed E-state index contributed by atoms with van der Waals surface area (Å²) in [6.45, 7) is 5.30. The molecule has 0 spiro atoms. The summed E-state index contributed by atoms with van der Waals surface area (Å²) < 4.78 is 0. The maximum Gasteiger partial charge on any atom is 0.220 e. The number of rotatable bonds is 4. The van der Waals surface area contributed by atoms with Crippen LogP contribution in [0, 0.1) is 5.92 Å². The summed E-state index contributed by atoms with van der Waals surface area (Å²) in [6, 6.07) is 7.36. The average molecular weight is 287 g/mol. The molecule has 0 saturated carbocycles. The fourth-order valence-corrected chi connectivity index (χ4v) is 3.49. The first-order valence-corrected chi connectivity index (χ1v) is 8.02. The quantitative estimate of drug-likeness (QED) is 0.887. The van der Waals surface area contributed by atoms with Crippen LogP contribution in [0.5, 0.6) is 0 Å². The summed E-state index contributed by atoms with van der Waals surface area (Å²) in [5.74, 6) is -0.0382. The Morgan fingerprint density at radius 2 is 2.14 bits per heavy atom. The van der Waals surface area contributed by atoms with E-state index in [9.17, 15) is 4.79 Å². The predicted molar refractivity (Wildman–Crippen MR) is 85.3 cm³/mol. The number of nitrogens with zero attached hydrogens (tertiary/aromatic N) is 1. The van der Waals surface area contributed by atoms with E-state index in [1.54, 1.807) is 0 Å². The van der Waals surface area contributed by atoms with Crippen LogP contribution in [0.2, 0.25) is 0 Å². The number of anilines is 1. The van der Waals surface area contributed by atoms with Crippen LogP contribution in [0.25, 0.3) is 0 Å². The first-order valence-electron chi connectivity index (χ1n) is 8.02. The van der Waals surface area contributed by atoms with Crippen molar-refractivity contribution in [1.82, 2.24) is 4.90 Å². The normalized spacial score (nSPS) is 22.8. The van der Waals surface area contributed by atoms with Gasteiger partial charge in [0.25, 0.3) is 0 Å². The largest absolute Gasteiger partial charge is 0.382 e. The van der Waals surface area contributed by atoms with Crippen LogP contribution in [0.1, 0.15) is 30.9 Å². The lowest BCUT2D eigenvalue weighted by atomic mass is 9.96. The molecule has 0 aromatic heterocycles. The van der Waals surface area contributed by atoms with E-state index in [1.807, 2.05) is 0 Å². The number of hydrogen-bond donors (Lipinski definition) is 2. The van der Waals surface area contributed by atoms with Crippen molar-refractivity contribution in [3.63, 3.8) is 0 Å². The molecule has 2 aliphatic heterocycles. The summed E-state index contributed by atoms with van der Waals surface area (Å²) in [5, 5.41) is 3.49. The molecule has 0 radical (unpaired) electrons. The highest BCUT2D eigenvalue weighted by Crippen LogP contribution is 2.27. The Morgan fingerprint density at radius 3 is 2.86 bits per heavy atom. The maximum atomic E-state index is 11.2. The van der Waals surface area contributed by atoms with Crippen molar-refractivity contribution in [2.45, 2.75) is 38.6 Å². The van der Waals surface area contributed by atoms with Gasteiger partial charge in [-0.25, -0.2) is 0 Å².